The van der Waals surface area contributed by atoms with Gasteiger partial charge in [0.25, 0.3) is 5.91 Å². The Morgan fingerprint density at radius 1 is 1.27 bits per heavy atom. The Morgan fingerprint density at radius 2 is 1.95 bits per heavy atom. The molecule has 0 aliphatic rings. The summed E-state index contributed by atoms with van der Waals surface area (Å²) in [4.78, 5) is 38.7. The van der Waals surface area contributed by atoms with Crippen molar-refractivity contribution in [1.29, 1.82) is 0 Å². The first-order valence-electron chi connectivity index (χ1n) is 10.4. The van der Waals surface area contributed by atoms with E-state index in [-0.39, 0.29) is 32.2 Å². The topological polar surface area (TPSA) is 155 Å². The molecule has 0 saturated carbocycles. The van der Waals surface area contributed by atoms with Crippen LogP contribution in [0, 0.1) is 17.0 Å². The van der Waals surface area contributed by atoms with Crippen LogP contribution in [0.15, 0.2) is 36.5 Å². The van der Waals surface area contributed by atoms with Gasteiger partial charge in [-0.25, -0.2) is 4.98 Å². The third kappa shape index (κ3) is 5.06. The van der Waals surface area contributed by atoms with Crippen molar-refractivity contribution >= 4 is 44.7 Å². The fourth-order valence-corrected chi connectivity index (χ4v) is 4.58. The van der Waals surface area contributed by atoms with E-state index in [2.05, 4.69) is 15.4 Å². The third-order valence-electron chi connectivity index (χ3n) is 5.21. The zero-order valence-corrected chi connectivity index (χ0v) is 19.9. The number of alkyl halides is 3. The van der Waals surface area contributed by atoms with Crippen LogP contribution in [0.4, 0.5) is 24.5 Å². The van der Waals surface area contributed by atoms with Crippen molar-refractivity contribution in [2.45, 2.75) is 19.6 Å². The van der Waals surface area contributed by atoms with Crippen LogP contribution in [-0.2, 0) is 17.5 Å². The van der Waals surface area contributed by atoms with E-state index in [9.17, 15) is 32.9 Å². The SMILES string of the molecule is COc1nn(CC(=O)Nc2c(C(N)=O)sc3nc(C(F)(F)F)cc(-c4ccc(C)cc4)c23)cc1[N+](=O)[O-]. The largest absolute Gasteiger partial charge is 0.475 e. The number of thiophene rings is 1. The van der Waals surface area contributed by atoms with E-state index in [4.69, 9.17) is 10.5 Å². The number of primary amides is 1. The van der Waals surface area contributed by atoms with Crippen molar-refractivity contribution in [2.24, 2.45) is 5.73 Å². The summed E-state index contributed by atoms with van der Waals surface area (Å²) in [7, 11) is 1.17. The number of nitrogens with two attached hydrogens (primary N) is 1. The summed E-state index contributed by atoms with van der Waals surface area (Å²) in [6, 6.07) is 7.44. The molecule has 4 rings (SSSR count). The standard InChI is InChI=1S/C22H17F3N6O5S/c1-10-3-5-11(6-4-10)12-7-14(22(23,24)25)27-21-16(12)17(18(37-21)19(26)33)28-15(32)9-30-8-13(31(34)35)20(29-30)36-2/h3-8H,9H2,1-2H3,(H2,26,33)(H,28,32). The van der Waals surface area contributed by atoms with Gasteiger partial charge in [0.15, 0.2) is 0 Å². The molecular weight excluding hydrogens is 517 g/mol. The summed E-state index contributed by atoms with van der Waals surface area (Å²) >= 11 is 0.605. The molecule has 0 aliphatic heterocycles. The zero-order valence-electron chi connectivity index (χ0n) is 19.1. The molecule has 0 saturated heterocycles. The monoisotopic (exact) mass is 534 g/mol. The van der Waals surface area contributed by atoms with Crippen LogP contribution in [0.2, 0.25) is 0 Å². The van der Waals surface area contributed by atoms with E-state index in [1.165, 1.54) is 7.11 Å². The highest BCUT2D eigenvalue weighted by Crippen LogP contribution is 2.43. The number of carbonyl (C=O) groups excluding carboxylic acids is 2. The molecule has 3 N–H and O–H groups in total. The van der Waals surface area contributed by atoms with Crippen LogP contribution < -0.4 is 15.8 Å². The predicted molar refractivity (Wildman–Crippen MR) is 127 cm³/mol. The lowest BCUT2D eigenvalue weighted by Crippen LogP contribution is -2.21. The number of pyridine rings is 1. The fourth-order valence-electron chi connectivity index (χ4n) is 3.57. The number of methoxy groups -OCH3 is 1. The Kier molecular flexibility index (Phi) is 6.56. The molecule has 4 aromatic rings. The van der Waals surface area contributed by atoms with Crippen molar-refractivity contribution in [3.63, 3.8) is 0 Å². The Bertz CT molecular complexity index is 1550. The van der Waals surface area contributed by atoms with E-state index in [1.54, 1.807) is 24.3 Å². The summed E-state index contributed by atoms with van der Waals surface area (Å²) in [5.41, 5.74) is 5.03. The highest BCUT2D eigenvalue weighted by Gasteiger charge is 2.35. The molecule has 0 bridgehead atoms. The van der Waals surface area contributed by atoms with Gasteiger partial charge in [0.2, 0.25) is 5.91 Å². The van der Waals surface area contributed by atoms with E-state index in [0.29, 0.717) is 16.9 Å². The number of nitrogens with zero attached hydrogens (tertiary/aromatic N) is 4. The first-order chi connectivity index (χ1) is 17.4. The second kappa shape index (κ2) is 9.50. The molecule has 3 aromatic heterocycles. The molecular formula is C22H17F3N6O5S. The number of amides is 2. The number of carbonyl (C=O) groups is 2. The number of aryl methyl sites for hydroxylation is 1. The minimum atomic E-state index is -4.78. The molecule has 15 heteroatoms. The molecule has 0 fully saturated rings. The zero-order chi connectivity index (χ0) is 27.1. The Labute approximate surface area is 209 Å². The second-order valence-corrected chi connectivity index (χ2v) is 8.79. The van der Waals surface area contributed by atoms with Crippen molar-refractivity contribution in [1.82, 2.24) is 14.8 Å². The van der Waals surface area contributed by atoms with Gasteiger partial charge in [0, 0.05) is 5.39 Å². The number of fused-ring (bicyclic) bond motifs is 1. The van der Waals surface area contributed by atoms with E-state index >= 15 is 0 Å². The number of nitrogens with one attached hydrogen (secondary N) is 1. The van der Waals surface area contributed by atoms with Gasteiger partial charge in [0.1, 0.15) is 28.1 Å². The molecule has 0 atom stereocenters. The lowest BCUT2D eigenvalue weighted by molar-refractivity contribution is -0.385. The maximum Gasteiger partial charge on any atom is 0.433 e. The van der Waals surface area contributed by atoms with Gasteiger partial charge >= 0.3 is 17.7 Å². The molecule has 0 unspecified atom stereocenters. The van der Waals surface area contributed by atoms with Gasteiger partial charge < -0.3 is 15.8 Å². The van der Waals surface area contributed by atoms with Gasteiger partial charge in [-0.15, -0.1) is 16.4 Å². The third-order valence-corrected chi connectivity index (χ3v) is 6.31. The van der Waals surface area contributed by atoms with E-state index in [1.807, 2.05) is 6.92 Å². The maximum atomic E-state index is 13.6. The second-order valence-electron chi connectivity index (χ2n) is 7.80. The van der Waals surface area contributed by atoms with Crippen LogP contribution >= 0.6 is 11.3 Å². The van der Waals surface area contributed by atoms with Gasteiger partial charge in [-0.3, -0.25) is 24.4 Å². The summed E-state index contributed by atoms with van der Waals surface area (Å²) < 4.78 is 46.7. The fraction of sp³-hybridized carbons (Fsp3) is 0.182. The number of anilines is 1. The van der Waals surface area contributed by atoms with Crippen LogP contribution in [0.5, 0.6) is 5.88 Å². The number of hydrogen-bond donors (Lipinski definition) is 2. The smallest absolute Gasteiger partial charge is 0.433 e. The minimum absolute atomic E-state index is 0.0766. The highest BCUT2D eigenvalue weighted by molar-refractivity contribution is 7.21. The lowest BCUT2D eigenvalue weighted by Gasteiger charge is -2.12. The lowest BCUT2D eigenvalue weighted by atomic mass is 10.00. The van der Waals surface area contributed by atoms with Crippen LogP contribution in [0.3, 0.4) is 0 Å². The summed E-state index contributed by atoms with van der Waals surface area (Å²) in [6.45, 7) is 1.27. The predicted octanol–water partition coefficient (Wildman–Crippen LogP) is 4.14. The number of halogens is 3. The number of hydrogen-bond acceptors (Lipinski definition) is 8. The van der Waals surface area contributed by atoms with Crippen molar-refractivity contribution in [3.8, 4) is 17.0 Å². The highest BCUT2D eigenvalue weighted by atomic mass is 32.1. The number of benzene rings is 1. The average molecular weight is 534 g/mol. The summed E-state index contributed by atoms with van der Waals surface area (Å²) in [6.07, 6.45) is -3.80. The molecule has 2 amide bonds. The number of aromatic nitrogens is 3. The molecule has 192 valence electrons. The minimum Gasteiger partial charge on any atom is -0.475 e. The van der Waals surface area contributed by atoms with Crippen LogP contribution in [-0.4, -0.2) is 38.6 Å². The summed E-state index contributed by atoms with van der Waals surface area (Å²) in [5.74, 6) is -2.09. The number of rotatable bonds is 7. The molecule has 37 heavy (non-hydrogen) atoms. The first kappa shape index (κ1) is 25.6. The molecule has 11 nitrogen and oxygen atoms in total. The van der Waals surface area contributed by atoms with Gasteiger partial charge in [0.05, 0.1) is 17.7 Å². The quantitative estimate of drug-likeness (QED) is 0.267. The Balaban J connectivity index is 1.84. The van der Waals surface area contributed by atoms with Crippen molar-refractivity contribution in [2.75, 3.05) is 12.4 Å². The van der Waals surface area contributed by atoms with E-state index < -0.39 is 40.8 Å². The molecule has 0 radical (unpaired) electrons. The molecule has 1 aromatic carbocycles. The van der Waals surface area contributed by atoms with E-state index in [0.717, 1.165) is 22.5 Å². The van der Waals surface area contributed by atoms with Crippen molar-refractivity contribution in [3.05, 3.63) is 62.8 Å². The number of nitro groups is 1. The average Bonchev–Trinajstić information content (AvgIpc) is 3.40. The molecule has 0 spiro atoms. The Morgan fingerprint density at radius 3 is 2.49 bits per heavy atom. The van der Waals surface area contributed by atoms with Gasteiger partial charge in [-0.05, 0) is 24.1 Å². The Hall–Kier alpha value is -4.53. The first-order valence-corrected chi connectivity index (χ1v) is 11.2. The molecule has 0 aliphatic carbocycles. The maximum absolute atomic E-state index is 13.6. The van der Waals surface area contributed by atoms with Crippen LogP contribution in [0.25, 0.3) is 21.3 Å². The van der Waals surface area contributed by atoms with Gasteiger partial charge in [-0.1, -0.05) is 29.8 Å². The normalized spacial score (nSPS) is 11.5. The van der Waals surface area contributed by atoms with Crippen molar-refractivity contribution < 1.29 is 32.4 Å². The van der Waals surface area contributed by atoms with Crippen LogP contribution in [0.1, 0.15) is 20.9 Å². The number of ether oxygens (including phenoxy) is 1. The van der Waals surface area contributed by atoms with Gasteiger partial charge in [-0.2, -0.15) is 13.2 Å². The molecule has 3 heterocycles. The summed E-state index contributed by atoms with van der Waals surface area (Å²) in [5, 5.41) is 17.5.